The van der Waals surface area contributed by atoms with E-state index in [1.165, 1.54) is 32.1 Å². The predicted octanol–water partition coefficient (Wildman–Crippen LogP) is 3.25. The maximum absolute atomic E-state index is 11.2. The third kappa shape index (κ3) is 12.5. The molecule has 0 rings (SSSR count). The Kier molecular flexibility index (Phi) is 12.2. The molecule has 0 heterocycles. The summed E-state index contributed by atoms with van der Waals surface area (Å²) in [6.45, 7) is 1.97. The lowest BCUT2D eigenvalue weighted by atomic mass is 10.1. The van der Waals surface area contributed by atoms with E-state index in [1.54, 1.807) is 0 Å². The molecule has 1 atom stereocenters. The first-order valence-corrected chi connectivity index (χ1v) is 8.34. The van der Waals surface area contributed by atoms with E-state index in [9.17, 15) is 4.57 Å². The minimum atomic E-state index is -3.94. The second-order valence-electron chi connectivity index (χ2n) is 4.33. The highest BCUT2D eigenvalue weighted by Gasteiger charge is 2.19. The van der Waals surface area contributed by atoms with Crippen molar-refractivity contribution in [3.05, 3.63) is 0 Å². The molecule has 0 aliphatic rings. The molecule has 110 valence electrons. The fraction of sp³-hybridized carbons (Fsp3) is 1.00. The van der Waals surface area contributed by atoms with Gasteiger partial charge in [0.05, 0.1) is 19.8 Å². The maximum atomic E-state index is 11.2. The van der Waals surface area contributed by atoms with Crippen LogP contribution in [0.25, 0.3) is 0 Å². The monoisotopic (exact) mass is 282 g/mol. The largest absolute Gasteiger partial charge is 0.472 e. The standard InChI is InChI=1S/C12H27O5P/c1-2-3-4-5-6-7-8-9-11-16-18(14,15)17-12-10-13/h13H,2-12H2,1H3,(H,14,15). The third-order valence-corrected chi connectivity index (χ3v) is 3.62. The third-order valence-electron chi connectivity index (χ3n) is 2.60. The molecule has 0 aliphatic carbocycles. The average Bonchev–Trinajstić information content (AvgIpc) is 2.34. The summed E-state index contributed by atoms with van der Waals surface area (Å²) in [5.41, 5.74) is 0. The summed E-state index contributed by atoms with van der Waals surface area (Å²) in [5, 5.41) is 8.45. The Morgan fingerprint density at radius 3 is 1.94 bits per heavy atom. The zero-order valence-electron chi connectivity index (χ0n) is 11.3. The fourth-order valence-corrected chi connectivity index (χ4v) is 2.36. The molecule has 5 nitrogen and oxygen atoms in total. The van der Waals surface area contributed by atoms with Gasteiger partial charge in [0, 0.05) is 0 Å². The highest BCUT2D eigenvalue weighted by molar-refractivity contribution is 7.47. The van der Waals surface area contributed by atoms with Gasteiger partial charge in [-0.25, -0.2) is 4.57 Å². The summed E-state index contributed by atoms with van der Waals surface area (Å²) in [7, 11) is -3.94. The van der Waals surface area contributed by atoms with E-state index in [1.807, 2.05) is 0 Å². The summed E-state index contributed by atoms with van der Waals surface area (Å²) in [6.07, 6.45) is 9.26. The minimum Gasteiger partial charge on any atom is -0.394 e. The van der Waals surface area contributed by atoms with E-state index in [-0.39, 0.29) is 19.8 Å². The van der Waals surface area contributed by atoms with E-state index in [0.717, 1.165) is 19.3 Å². The van der Waals surface area contributed by atoms with Crippen LogP contribution in [0.1, 0.15) is 58.3 Å². The second-order valence-corrected chi connectivity index (χ2v) is 5.79. The molecule has 18 heavy (non-hydrogen) atoms. The van der Waals surface area contributed by atoms with Crippen molar-refractivity contribution >= 4 is 7.82 Å². The van der Waals surface area contributed by atoms with Crippen LogP contribution in [0.5, 0.6) is 0 Å². The van der Waals surface area contributed by atoms with E-state index < -0.39 is 7.82 Å². The number of hydrogen-bond donors (Lipinski definition) is 2. The number of phosphoric acid groups is 1. The lowest BCUT2D eigenvalue weighted by Crippen LogP contribution is -2.01. The van der Waals surface area contributed by atoms with Gasteiger partial charge in [-0.1, -0.05) is 51.9 Å². The van der Waals surface area contributed by atoms with Crippen LogP contribution in [0.2, 0.25) is 0 Å². The first-order chi connectivity index (χ1) is 8.62. The lowest BCUT2D eigenvalue weighted by molar-refractivity contribution is 0.122. The lowest BCUT2D eigenvalue weighted by Gasteiger charge is -2.10. The molecule has 2 N–H and O–H groups in total. The van der Waals surface area contributed by atoms with Gasteiger partial charge in [-0.2, -0.15) is 0 Å². The van der Waals surface area contributed by atoms with E-state index in [0.29, 0.717) is 0 Å². The molecule has 0 aromatic carbocycles. The number of aliphatic hydroxyl groups excluding tert-OH is 1. The molecule has 0 aliphatic heterocycles. The van der Waals surface area contributed by atoms with Crippen LogP contribution >= 0.6 is 7.82 Å². The molecule has 6 heteroatoms. The molecular weight excluding hydrogens is 255 g/mol. The Labute approximate surface area is 110 Å². The molecule has 0 aromatic rings. The van der Waals surface area contributed by atoms with Crippen molar-refractivity contribution in [1.29, 1.82) is 0 Å². The van der Waals surface area contributed by atoms with Gasteiger partial charge < -0.3 is 10.00 Å². The first kappa shape index (κ1) is 18.1. The number of aliphatic hydroxyl groups is 1. The molecule has 1 unspecified atom stereocenters. The van der Waals surface area contributed by atoms with E-state index in [4.69, 9.17) is 14.5 Å². The van der Waals surface area contributed by atoms with Crippen LogP contribution < -0.4 is 0 Å². The van der Waals surface area contributed by atoms with Crippen molar-refractivity contribution in [2.45, 2.75) is 58.3 Å². The number of hydrogen-bond acceptors (Lipinski definition) is 4. The SMILES string of the molecule is CCCCCCCCCCOP(=O)(O)OCCO. The Hall–Kier alpha value is 0.0700. The normalized spacial score (nSPS) is 14.6. The fourth-order valence-electron chi connectivity index (χ4n) is 1.61. The van der Waals surface area contributed by atoms with Crippen molar-refractivity contribution in [1.82, 2.24) is 0 Å². The molecule has 0 saturated heterocycles. The summed E-state index contributed by atoms with van der Waals surface area (Å²) in [6, 6.07) is 0. The number of rotatable bonds is 13. The zero-order valence-corrected chi connectivity index (χ0v) is 12.2. The summed E-state index contributed by atoms with van der Waals surface area (Å²) in [5.74, 6) is 0. The van der Waals surface area contributed by atoms with Crippen LogP contribution in [-0.2, 0) is 13.6 Å². The molecule has 0 spiro atoms. The van der Waals surface area contributed by atoms with Crippen molar-refractivity contribution in [3.63, 3.8) is 0 Å². The van der Waals surface area contributed by atoms with Crippen LogP contribution in [0.4, 0.5) is 0 Å². The minimum absolute atomic E-state index is 0.175. The molecule has 0 aromatic heterocycles. The van der Waals surface area contributed by atoms with Gasteiger partial charge >= 0.3 is 7.82 Å². The van der Waals surface area contributed by atoms with Crippen LogP contribution in [0, 0.1) is 0 Å². The van der Waals surface area contributed by atoms with Crippen molar-refractivity contribution in [3.8, 4) is 0 Å². The Balaban J connectivity index is 3.26. The van der Waals surface area contributed by atoms with Gasteiger partial charge in [0.25, 0.3) is 0 Å². The maximum Gasteiger partial charge on any atom is 0.472 e. The Morgan fingerprint density at radius 2 is 1.39 bits per heavy atom. The topological polar surface area (TPSA) is 76.0 Å². The smallest absolute Gasteiger partial charge is 0.394 e. The van der Waals surface area contributed by atoms with Gasteiger partial charge in [-0.3, -0.25) is 9.05 Å². The van der Waals surface area contributed by atoms with E-state index >= 15 is 0 Å². The second kappa shape index (κ2) is 12.1. The zero-order chi connectivity index (χ0) is 13.7. The Bertz CT molecular complexity index is 223. The summed E-state index contributed by atoms with van der Waals surface area (Å²) >= 11 is 0. The molecule has 0 saturated carbocycles. The molecule has 0 fully saturated rings. The van der Waals surface area contributed by atoms with Crippen LogP contribution in [0.15, 0.2) is 0 Å². The highest BCUT2D eigenvalue weighted by atomic mass is 31.2. The van der Waals surface area contributed by atoms with Gasteiger partial charge in [0.1, 0.15) is 0 Å². The van der Waals surface area contributed by atoms with Crippen molar-refractivity contribution in [2.24, 2.45) is 0 Å². The number of unbranched alkanes of at least 4 members (excludes halogenated alkanes) is 7. The number of phosphoric ester groups is 1. The van der Waals surface area contributed by atoms with Gasteiger partial charge in [0.2, 0.25) is 0 Å². The van der Waals surface area contributed by atoms with Gasteiger partial charge in [-0.15, -0.1) is 0 Å². The Morgan fingerprint density at radius 1 is 0.889 bits per heavy atom. The van der Waals surface area contributed by atoms with E-state index in [2.05, 4.69) is 11.4 Å². The van der Waals surface area contributed by atoms with Crippen molar-refractivity contribution < 1.29 is 23.6 Å². The van der Waals surface area contributed by atoms with Crippen molar-refractivity contribution in [2.75, 3.05) is 19.8 Å². The quantitative estimate of drug-likeness (QED) is 0.400. The van der Waals surface area contributed by atoms with Crippen LogP contribution in [0.3, 0.4) is 0 Å². The van der Waals surface area contributed by atoms with Crippen LogP contribution in [-0.4, -0.2) is 29.8 Å². The van der Waals surface area contributed by atoms with Gasteiger partial charge in [0.15, 0.2) is 0 Å². The molecular formula is C12H27O5P. The summed E-state index contributed by atoms with van der Waals surface area (Å²) < 4.78 is 20.4. The highest BCUT2D eigenvalue weighted by Crippen LogP contribution is 2.42. The van der Waals surface area contributed by atoms with Gasteiger partial charge in [-0.05, 0) is 6.42 Å². The predicted molar refractivity (Wildman–Crippen MR) is 71.4 cm³/mol. The summed E-state index contributed by atoms with van der Waals surface area (Å²) in [4.78, 5) is 9.15. The first-order valence-electron chi connectivity index (χ1n) is 6.85. The molecule has 0 bridgehead atoms. The molecule has 0 radical (unpaired) electrons. The average molecular weight is 282 g/mol. The molecule has 0 amide bonds.